The predicted octanol–water partition coefficient (Wildman–Crippen LogP) is 19.1. The van der Waals surface area contributed by atoms with Gasteiger partial charge < -0.3 is 23.1 Å². The van der Waals surface area contributed by atoms with Crippen molar-refractivity contribution in [2.75, 3.05) is 14.7 Å². The Morgan fingerprint density at radius 3 is 1.54 bits per heavy atom. The maximum Gasteiger partial charge on any atom is 0.205 e. The van der Waals surface area contributed by atoms with Crippen LogP contribution < -0.4 is 14.7 Å². The fraction of sp³-hybridized carbons (Fsp3) is 0.0154. The number of fused-ring (bicyclic) bond motifs is 6. The van der Waals surface area contributed by atoms with Crippen molar-refractivity contribution in [2.45, 2.75) is 6.92 Å². The van der Waals surface area contributed by atoms with E-state index >= 15 is 0 Å². The van der Waals surface area contributed by atoms with Crippen molar-refractivity contribution < 1.29 is 13.3 Å². The minimum atomic E-state index is 0.664. The number of furan rings is 3. The van der Waals surface area contributed by atoms with Crippen LogP contribution in [0, 0.1) is 6.92 Å². The third-order valence-corrected chi connectivity index (χ3v) is 13.5. The molecule has 3 heterocycles. The van der Waals surface area contributed by atoms with Crippen molar-refractivity contribution in [3.8, 4) is 22.6 Å². The molecule has 0 radical (unpaired) electrons. The lowest BCUT2D eigenvalue weighted by Crippen LogP contribution is -2.16. The van der Waals surface area contributed by atoms with Gasteiger partial charge in [-0.15, -0.1) is 0 Å². The first-order valence-electron chi connectivity index (χ1n) is 23.9. The smallest absolute Gasteiger partial charge is 0.205 e. The normalized spacial score (nSPS) is 11.5. The van der Waals surface area contributed by atoms with Gasteiger partial charge >= 0.3 is 0 Å². The Morgan fingerprint density at radius 2 is 0.887 bits per heavy atom. The molecule has 0 saturated carbocycles. The van der Waals surface area contributed by atoms with E-state index in [9.17, 15) is 0 Å². The molecule has 0 aliphatic rings. The maximum absolute atomic E-state index is 7.35. The summed E-state index contributed by atoms with van der Waals surface area (Å²) in [5.74, 6) is 2.20. The zero-order valence-electron chi connectivity index (χ0n) is 38.8. The summed E-state index contributed by atoms with van der Waals surface area (Å²) in [4.78, 5) is 6.93. The van der Waals surface area contributed by atoms with Gasteiger partial charge in [-0.3, -0.25) is 4.90 Å². The zero-order valence-corrected chi connectivity index (χ0v) is 38.8. The van der Waals surface area contributed by atoms with Gasteiger partial charge in [-0.2, -0.15) is 0 Å². The standard InChI is InChI=1S/C65H45N3O3/c1-44-57(66(48-21-5-2-6-22-48)49-23-7-3-8-24-49)41-47(42-58(44)67(50-25-9-4-10-26-50)51-36-34-46(35-37-51)60-33-18-40-69-60)61-38-39-64(71-61)68(56-31-17-20-45-19-11-12-27-52(45)56)59-43-63-65(54-29-14-13-28-53(54)59)55-30-15-16-32-62(55)70-63/h2-43H,1H3. The number of hydrogen-bond acceptors (Lipinski definition) is 6. The molecule has 71 heavy (non-hydrogen) atoms. The summed E-state index contributed by atoms with van der Waals surface area (Å²) in [6.07, 6.45) is 1.71. The van der Waals surface area contributed by atoms with E-state index in [2.05, 4.69) is 246 Å². The van der Waals surface area contributed by atoms with Gasteiger partial charge in [0.15, 0.2) is 0 Å². The molecule has 13 aromatic rings. The van der Waals surface area contributed by atoms with Crippen molar-refractivity contribution in [1.82, 2.24) is 0 Å². The first kappa shape index (κ1) is 41.7. The van der Waals surface area contributed by atoms with Gasteiger partial charge in [0, 0.05) is 67.6 Å². The second-order valence-electron chi connectivity index (χ2n) is 17.7. The van der Waals surface area contributed by atoms with Crippen LogP contribution >= 0.6 is 0 Å². The highest BCUT2D eigenvalue weighted by molar-refractivity contribution is 6.22. The van der Waals surface area contributed by atoms with E-state index in [1.807, 2.05) is 24.3 Å². The molecule has 10 aromatic carbocycles. The summed E-state index contributed by atoms with van der Waals surface area (Å²) >= 11 is 0. The van der Waals surface area contributed by atoms with Crippen LogP contribution in [0.1, 0.15) is 5.56 Å². The summed E-state index contributed by atoms with van der Waals surface area (Å²) in [5, 5.41) is 6.59. The molecule has 0 fully saturated rings. The second-order valence-corrected chi connectivity index (χ2v) is 17.7. The number of rotatable bonds is 11. The molecule has 3 aromatic heterocycles. The Labute approximate surface area is 411 Å². The van der Waals surface area contributed by atoms with E-state index in [0.717, 1.165) is 111 Å². The Balaban J connectivity index is 1.05. The van der Waals surface area contributed by atoms with Gasteiger partial charge in [-0.25, -0.2) is 0 Å². The van der Waals surface area contributed by atoms with E-state index in [0.29, 0.717) is 11.6 Å². The van der Waals surface area contributed by atoms with Crippen LogP contribution in [0.15, 0.2) is 268 Å². The van der Waals surface area contributed by atoms with Crippen molar-refractivity contribution in [3.05, 3.63) is 261 Å². The fourth-order valence-electron chi connectivity index (χ4n) is 10.2. The van der Waals surface area contributed by atoms with E-state index < -0.39 is 0 Å². The zero-order chi connectivity index (χ0) is 47.3. The summed E-state index contributed by atoms with van der Waals surface area (Å²) in [5.41, 5.74) is 12.7. The van der Waals surface area contributed by atoms with E-state index in [-0.39, 0.29) is 0 Å². The summed E-state index contributed by atoms with van der Waals surface area (Å²) < 4.78 is 19.8. The number of para-hydroxylation sites is 4. The Morgan fingerprint density at radius 1 is 0.324 bits per heavy atom. The summed E-state index contributed by atoms with van der Waals surface area (Å²) in [6, 6.07) is 87.0. The lowest BCUT2D eigenvalue weighted by atomic mass is 10.0. The van der Waals surface area contributed by atoms with Crippen LogP contribution in [-0.2, 0) is 0 Å². The molecule has 0 aliphatic carbocycles. The lowest BCUT2D eigenvalue weighted by molar-refractivity contribution is 0.582. The minimum absolute atomic E-state index is 0.664. The highest BCUT2D eigenvalue weighted by atomic mass is 16.4. The van der Waals surface area contributed by atoms with Gasteiger partial charge in [0.2, 0.25) is 5.88 Å². The molecule has 6 nitrogen and oxygen atoms in total. The van der Waals surface area contributed by atoms with Crippen LogP contribution in [0.25, 0.3) is 66.1 Å². The number of anilines is 9. The van der Waals surface area contributed by atoms with Crippen molar-refractivity contribution in [1.29, 1.82) is 0 Å². The molecule has 338 valence electrons. The molecule has 0 unspecified atom stereocenters. The Hall–Kier alpha value is -9.52. The summed E-state index contributed by atoms with van der Waals surface area (Å²) in [6.45, 7) is 2.22. The van der Waals surface area contributed by atoms with Crippen LogP contribution in [0.3, 0.4) is 0 Å². The van der Waals surface area contributed by atoms with E-state index in [1.54, 1.807) is 6.26 Å². The second kappa shape index (κ2) is 17.5. The van der Waals surface area contributed by atoms with Crippen molar-refractivity contribution >= 4 is 94.9 Å². The molecule has 0 atom stereocenters. The predicted molar refractivity (Wildman–Crippen MR) is 293 cm³/mol. The Bertz CT molecular complexity index is 3970. The molecule has 6 heteroatoms. The molecule has 0 saturated heterocycles. The molecule has 13 rings (SSSR count). The number of nitrogens with zero attached hydrogens (tertiary/aromatic N) is 3. The topological polar surface area (TPSA) is 49.1 Å². The van der Waals surface area contributed by atoms with E-state index in [1.165, 1.54) is 0 Å². The third kappa shape index (κ3) is 7.37. The third-order valence-electron chi connectivity index (χ3n) is 13.5. The van der Waals surface area contributed by atoms with Gasteiger partial charge in [0.1, 0.15) is 22.7 Å². The lowest BCUT2D eigenvalue weighted by Gasteiger charge is -2.32. The highest BCUT2D eigenvalue weighted by Crippen LogP contribution is 2.50. The van der Waals surface area contributed by atoms with Crippen LogP contribution in [0.5, 0.6) is 0 Å². The average Bonchev–Trinajstić information content (AvgIpc) is 4.23. The van der Waals surface area contributed by atoms with Crippen molar-refractivity contribution in [2.24, 2.45) is 0 Å². The molecule has 0 N–H and O–H groups in total. The molecular weight excluding hydrogens is 871 g/mol. The van der Waals surface area contributed by atoms with Gasteiger partial charge in [-0.05, 0) is 126 Å². The molecule has 0 amide bonds. The van der Waals surface area contributed by atoms with Crippen LogP contribution in [0.2, 0.25) is 0 Å². The highest BCUT2D eigenvalue weighted by Gasteiger charge is 2.27. The monoisotopic (exact) mass is 915 g/mol. The fourth-order valence-corrected chi connectivity index (χ4v) is 10.2. The molecule has 0 aliphatic heterocycles. The maximum atomic E-state index is 7.35. The van der Waals surface area contributed by atoms with Crippen LogP contribution in [0.4, 0.5) is 51.4 Å². The first-order valence-corrected chi connectivity index (χ1v) is 23.9. The first-order chi connectivity index (χ1) is 35.1. The summed E-state index contributed by atoms with van der Waals surface area (Å²) in [7, 11) is 0. The molecule has 0 bridgehead atoms. The molecule has 0 spiro atoms. The van der Waals surface area contributed by atoms with Gasteiger partial charge in [-0.1, -0.05) is 133 Å². The average molecular weight is 916 g/mol. The minimum Gasteiger partial charge on any atom is -0.464 e. The van der Waals surface area contributed by atoms with Crippen LogP contribution in [-0.4, -0.2) is 0 Å². The molecular formula is C65H45N3O3. The van der Waals surface area contributed by atoms with Gasteiger partial charge in [0.05, 0.1) is 29.0 Å². The van der Waals surface area contributed by atoms with E-state index in [4.69, 9.17) is 13.3 Å². The number of hydrogen-bond donors (Lipinski definition) is 0. The van der Waals surface area contributed by atoms with Gasteiger partial charge in [0.25, 0.3) is 0 Å². The SMILES string of the molecule is Cc1c(N(c2ccccc2)c2ccccc2)cc(-c2ccc(N(c3cccc4ccccc34)c3cc4oc5ccccc5c4c4ccccc34)o2)cc1N(c1ccccc1)c1ccc(-c2ccco2)cc1. The Kier molecular flexibility index (Phi) is 10.3. The van der Waals surface area contributed by atoms with Crippen molar-refractivity contribution in [3.63, 3.8) is 0 Å². The quantitative estimate of drug-likeness (QED) is 0.129. The largest absolute Gasteiger partial charge is 0.464 e. The number of benzene rings is 10.